The van der Waals surface area contributed by atoms with Gasteiger partial charge in [0.25, 0.3) is 0 Å². The summed E-state index contributed by atoms with van der Waals surface area (Å²) < 4.78 is 0.143. The van der Waals surface area contributed by atoms with Crippen molar-refractivity contribution in [3.05, 3.63) is 0 Å². The zero-order valence-electron chi connectivity index (χ0n) is 12.3. The predicted octanol–water partition coefficient (Wildman–Crippen LogP) is 2.17. The van der Waals surface area contributed by atoms with E-state index in [2.05, 4.69) is 12.2 Å². The largest absolute Gasteiger partial charge is 0.481 e. The van der Waals surface area contributed by atoms with Crippen LogP contribution in [0.4, 0.5) is 4.79 Å². The summed E-state index contributed by atoms with van der Waals surface area (Å²) in [5, 5.41) is 12.3. The van der Waals surface area contributed by atoms with Gasteiger partial charge >= 0.3 is 12.0 Å². The van der Waals surface area contributed by atoms with Crippen LogP contribution in [0, 0.1) is 5.41 Å². The van der Waals surface area contributed by atoms with Gasteiger partial charge in [0.1, 0.15) is 0 Å². The van der Waals surface area contributed by atoms with E-state index < -0.39 is 11.4 Å². The summed E-state index contributed by atoms with van der Waals surface area (Å²) in [7, 11) is 0. The molecule has 0 radical (unpaired) electrons. The maximum atomic E-state index is 12.2. The lowest BCUT2D eigenvalue weighted by Crippen LogP contribution is -2.45. The van der Waals surface area contributed by atoms with Crippen LogP contribution in [0.5, 0.6) is 0 Å². The molecule has 0 aromatic carbocycles. The summed E-state index contributed by atoms with van der Waals surface area (Å²) in [5.74, 6) is 0.377. The number of urea groups is 1. The Bertz CT molecular complexity index is 396. The summed E-state index contributed by atoms with van der Waals surface area (Å²) >= 11 is 1.91. The quantitative estimate of drug-likeness (QED) is 0.835. The highest BCUT2D eigenvalue weighted by molar-refractivity contribution is 8.00. The Morgan fingerprint density at radius 2 is 2.15 bits per heavy atom. The number of rotatable bonds is 4. The van der Waals surface area contributed by atoms with Crippen LogP contribution in [0.15, 0.2) is 0 Å². The molecule has 2 heterocycles. The van der Waals surface area contributed by atoms with Gasteiger partial charge in [-0.25, -0.2) is 4.79 Å². The van der Waals surface area contributed by atoms with Crippen LogP contribution in [0.2, 0.25) is 0 Å². The van der Waals surface area contributed by atoms with E-state index in [0.29, 0.717) is 32.5 Å². The van der Waals surface area contributed by atoms with Crippen molar-refractivity contribution in [3.63, 3.8) is 0 Å². The van der Waals surface area contributed by atoms with Crippen LogP contribution in [0.3, 0.4) is 0 Å². The molecule has 114 valence electrons. The highest BCUT2D eigenvalue weighted by Gasteiger charge is 2.45. The van der Waals surface area contributed by atoms with Crippen LogP contribution in [-0.4, -0.2) is 52.1 Å². The first kappa shape index (κ1) is 15.5. The molecule has 2 saturated heterocycles. The molecule has 2 amide bonds. The first-order chi connectivity index (χ1) is 9.41. The number of carbonyl (C=O) groups is 2. The highest BCUT2D eigenvalue weighted by atomic mass is 32.2. The van der Waals surface area contributed by atoms with Crippen molar-refractivity contribution in [2.75, 3.05) is 25.4 Å². The van der Waals surface area contributed by atoms with Crippen molar-refractivity contribution in [3.8, 4) is 0 Å². The summed E-state index contributed by atoms with van der Waals surface area (Å²) in [6.07, 6.45) is 3.46. The van der Waals surface area contributed by atoms with Gasteiger partial charge in [0.05, 0.1) is 5.41 Å². The van der Waals surface area contributed by atoms with Crippen molar-refractivity contribution >= 4 is 23.8 Å². The van der Waals surface area contributed by atoms with Crippen molar-refractivity contribution in [1.29, 1.82) is 0 Å². The summed E-state index contributed by atoms with van der Waals surface area (Å²) in [5.41, 5.74) is -0.747. The van der Waals surface area contributed by atoms with Crippen LogP contribution in [0.25, 0.3) is 0 Å². The number of nitrogens with one attached hydrogen (secondary N) is 1. The number of aliphatic carboxylic acids is 1. The average Bonchev–Trinajstić information content (AvgIpc) is 3.04. The molecule has 2 aliphatic heterocycles. The lowest BCUT2D eigenvalue weighted by Gasteiger charge is -2.26. The molecule has 2 N–H and O–H groups in total. The standard InChI is InChI=1S/C14H24N2O3S/c1-3-14(11(17)18)6-7-16(10-14)12(19)15-9-13(2)5-4-8-20-13/h3-10H2,1-2H3,(H,15,19)(H,17,18). The first-order valence-electron chi connectivity index (χ1n) is 7.31. The van der Waals surface area contributed by atoms with E-state index >= 15 is 0 Å². The van der Waals surface area contributed by atoms with Gasteiger partial charge in [0.15, 0.2) is 0 Å². The second kappa shape index (κ2) is 5.84. The molecule has 2 atom stereocenters. The molecule has 20 heavy (non-hydrogen) atoms. The van der Waals surface area contributed by atoms with Gasteiger partial charge < -0.3 is 15.3 Å². The Kier molecular flexibility index (Phi) is 4.52. The number of carboxylic acid groups (broad SMARTS) is 1. The van der Waals surface area contributed by atoms with Gasteiger partial charge in [-0.1, -0.05) is 6.92 Å². The highest BCUT2D eigenvalue weighted by Crippen LogP contribution is 2.37. The molecule has 0 aromatic rings. The van der Waals surface area contributed by atoms with E-state index in [1.165, 1.54) is 6.42 Å². The monoisotopic (exact) mass is 300 g/mol. The Balaban J connectivity index is 1.86. The molecule has 2 unspecified atom stereocenters. The molecule has 6 heteroatoms. The van der Waals surface area contributed by atoms with E-state index in [-0.39, 0.29) is 10.8 Å². The molecule has 0 aliphatic carbocycles. The third-order valence-corrected chi connectivity index (χ3v) is 6.22. The molecule has 2 fully saturated rings. The van der Waals surface area contributed by atoms with Crippen LogP contribution in [-0.2, 0) is 4.79 Å². The van der Waals surface area contributed by atoms with Crippen LogP contribution < -0.4 is 5.32 Å². The molecular weight excluding hydrogens is 276 g/mol. The Labute approximate surface area is 124 Å². The minimum Gasteiger partial charge on any atom is -0.481 e. The van der Waals surface area contributed by atoms with Gasteiger partial charge in [-0.05, 0) is 38.4 Å². The average molecular weight is 300 g/mol. The molecule has 0 saturated carbocycles. The SMILES string of the molecule is CCC1(C(=O)O)CCN(C(=O)NCC2(C)CCCS2)C1. The van der Waals surface area contributed by atoms with Gasteiger partial charge in [0.2, 0.25) is 0 Å². The number of thioether (sulfide) groups is 1. The second-order valence-corrected chi connectivity index (χ2v) is 7.85. The summed E-state index contributed by atoms with van der Waals surface area (Å²) in [6.45, 7) is 5.60. The molecule has 2 rings (SSSR count). The van der Waals surface area contributed by atoms with Crippen molar-refractivity contribution in [1.82, 2.24) is 10.2 Å². The second-order valence-electron chi connectivity index (χ2n) is 6.17. The topological polar surface area (TPSA) is 69.6 Å². The van der Waals surface area contributed by atoms with E-state index in [9.17, 15) is 14.7 Å². The summed E-state index contributed by atoms with van der Waals surface area (Å²) in [6, 6.07) is -0.115. The van der Waals surface area contributed by atoms with E-state index in [1.807, 2.05) is 18.7 Å². The first-order valence-corrected chi connectivity index (χ1v) is 8.29. The fourth-order valence-corrected chi connectivity index (χ4v) is 4.26. The van der Waals surface area contributed by atoms with Gasteiger partial charge in [0, 0.05) is 24.4 Å². The lowest BCUT2D eigenvalue weighted by atomic mass is 9.84. The zero-order chi connectivity index (χ0) is 14.8. The third-order valence-electron chi connectivity index (χ3n) is 4.69. The Morgan fingerprint density at radius 1 is 1.40 bits per heavy atom. The minimum absolute atomic E-state index is 0.115. The third kappa shape index (κ3) is 3.05. The minimum atomic E-state index is -0.784. The van der Waals surface area contributed by atoms with Gasteiger partial charge in [-0.15, -0.1) is 0 Å². The fraction of sp³-hybridized carbons (Fsp3) is 0.857. The maximum absolute atomic E-state index is 12.2. The number of likely N-dealkylation sites (tertiary alicyclic amines) is 1. The lowest BCUT2D eigenvalue weighted by molar-refractivity contribution is -0.148. The summed E-state index contributed by atoms with van der Waals surface area (Å²) in [4.78, 5) is 25.2. The zero-order valence-corrected chi connectivity index (χ0v) is 13.1. The van der Waals surface area contributed by atoms with E-state index in [0.717, 1.165) is 12.2 Å². The molecule has 2 aliphatic rings. The Hall–Kier alpha value is -0.910. The number of hydrogen-bond donors (Lipinski definition) is 2. The van der Waals surface area contributed by atoms with Crippen LogP contribution in [0.1, 0.15) is 39.5 Å². The number of nitrogens with zero attached hydrogens (tertiary/aromatic N) is 1. The molecular formula is C14H24N2O3S. The number of carbonyl (C=O) groups excluding carboxylic acids is 1. The van der Waals surface area contributed by atoms with Crippen molar-refractivity contribution in [2.45, 2.75) is 44.3 Å². The number of carboxylic acids is 1. The fourth-order valence-electron chi connectivity index (χ4n) is 3.01. The van der Waals surface area contributed by atoms with Gasteiger partial charge in [-0.2, -0.15) is 11.8 Å². The van der Waals surface area contributed by atoms with Crippen LogP contribution >= 0.6 is 11.8 Å². The number of amides is 2. The smallest absolute Gasteiger partial charge is 0.317 e. The van der Waals surface area contributed by atoms with E-state index in [4.69, 9.17) is 0 Å². The normalized spacial score (nSPS) is 33.4. The maximum Gasteiger partial charge on any atom is 0.317 e. The molecule has 0 aromatic heterocycles. The van der Waals surface area contributed by atoms with Crippen molar-refractivity contribution < 1.29 is 14.7 Å². The number of hydrogen-bond acceptors (Lipinski definition) is 3. The molecule has 5 nitrogen and oxygen atoms in total. The predicted molar refractivity (Wildman–Crippen MR) is 80.0 cm³/mol. The van der Waals surface area contributed by atoms with Gasteiger partial charge in [-0.3, -0.25) is 4.79 Å². The Morgan fingerprint density at radius 3 is 2.65 bits per heavy atom. The van der Waals surface area contributed by atoms with Crippen molar-refractivity contribution in [2.24, 2.45) is 5.41 Å². The molecule has 0 bridgehead atoms. The van der Waals surface area contributed by atoms with E-state index in [1.54, 1.807) is 4.90 Å². The molecule has 0 spiro atoms.